The summed E-state index contributed by atoms with van der Waals surface area (Å²) in [5, 5.41) is 20.9. The Morgan fingerprint density at radius 2 is 0.703 bits per heavy atom. The maximum absolute atomic E-state index is 11.0. The third-order valence-corrected chi connectivity index (χ3v) is 28.1. The van der Waals surface area contributed by atoms with E-state index < -0.39 is 79.1 Å². The van der Waals surface area contributed by atoms with Crippen LogP contribution in [0.25, 0.3) is 0 Å². The van der Waals surface area contributed by atoms with Crippen LogP contribution in [0.4, 0.5) is 11.4 Å². The number of ether oxygens (including phenoxy) is 4. The molecule has 1 aliphatic carbocycles. The molecule has 7 N–H and O–H groups in total. The normalized spacial score (nSPS) is 15.2. The van der Waals surface area contributed by atoms with Gasteiger partial charge in [-0.2, -0.15) is 17.9 Å². The molecule has 6 aromatic carbocycles. The number of rotatable bonds is 39. The Bertz CT molecular complexity index is 4390. The van der Waals surface area contributed by atoms with Crippen molar-refractivity contribution in [3.63, 3.8) is 0 Å². The van der Waals surface area contributed by atoms with E-state index in [1.54, 1.807) is 110 Å². The second-order valence-corrected chi connectivity index (χ2v) is 53.7. The first kappa shape index (κ1) is 148. The zero-order chi connectivity index (χ0) is 111. The van der Waals surface area contributed by atoms with E-state index in [0.717, 1.165) is 99.8 Å². The van der Waals surface area contributed by atoms with Crippen LogP contribution in [0.2, 0.25) is 0 Å². The number of hydrogen-bond acceptors (Lipinski definition) is 21. The number of oxime groups is 1. The van der Waals surface area contributed by atoms with E-state index in [0.29, 0.717) is 31.0 Å². The largest absolute Gasteiger partial charge is 0.772 e. The molecule has 0 aromatic heterocycles. The van der Waals surface area contributed by atoms with Crippen molar-refractivity contribution in [2.45, 2.75) is 465 Å². The lowest BCUT2D eigenvalue weighted by Crippen LogP contribution is -2.45. The summed E-state index contributed by atoms with van der Waals surface area (Å²) < 4.78 is 120. The molecular weight excluding hydrogens is 1980 g/mol. The minimum atomic E-state index is -1.93. The molecule has 148 heavy (non-hydrogen) atoms. The van der Waals surface area contributed by atoms with Crippen molar-refractivity contribution < 1.29 is 83.7 Å². The maximum Gasteiger partial charge on any atom is 0.248 e. The van der Waals surface area contributed by atoms with Crippen molar-refractivity contribution in [3.8, 4) is 17.6 Å². The summed E-state index contributed by atoms with van der Waals surface area (Å²) in [4.78, 5) is 15.9. The van der Waals surface area contributed by atoms with Gasteiger partial charge in [-0.25, -0.2) is 0 Å². The monoisotopic (exact) mass is 2180 g/mol. The van der Waals surface area contributed by atoms with Crippen LogP contribution in [-0.4, -0.2) is 165 Å². The van der Waals surface area contributed by atoms with Crippen molar-refractivity contribution in [2.24, 2.45) is 10.9 Å². The quantitative estimate of drug-likeness (QED) is 0.0106. The standard InChI is InChI=1S/C19H31NO.C17H27NO.C16H23NO.C15H22O2.C14H21NO.C14H19N.5C4H10O2S.C4H10S.2H2O/c1-4-5-6-7-8-9-18-10-12-19(13-11-18)20-14-16(2)21-17(3)15-20;1-2-3-4-5-6-8-16-9-7-10-17(15-16)18-11-13-19-14-12-18;1-2-3-4-5-6-7-13-8-10-15-14(12-13)9-11-16(15)17-18;1-2-3-4-5-6-7-13-8-9-14-15(12-13)17-11-10-16-14;1-2-3-4-5-6-8-12-9-7-10-13(11-12)14(15)16;1-2-3-4-5-6-7-13-8-10-14(12-15)11-9-13;5*1-4(2,3)7(5)6;1-4(2,3)5;;/h10-13,16-17H,4-9,14-15H2,1-3H3;7,9-10,15H,2-6,8,11-14H2,1H3;8,10,12,18H,2-7,9,11H2,1H3;8-9,12H,2-7,10-11H2,1H3;7,9-11H,2-6,8H2,1H3,(H2,15,16);8-11H,2-7H2,1H3;5*1-3H3,(H,5,6);5H,1-3H3;2*1H2/p-5/b;;17-16+;;;;;;;;;;;/t16-,17+;;;;;;;;;;;;;. The number of carbonyl (C=O) groups excluding carboxylic acids is 1. The molecule has 0 spiro atoms. The van der Waals surface area contributed by atoms with E-state index in [-0.39, 0.29) is 21.6 Å². The Balaban J connectivity index is -0.000000782. The second kappa shape index (κ2) is 86.0. The fraction of sp³-hybridized carbons (Fsp3) is 0.672. The molecule has 0 saturated carbocycles. The molecule has 3 heterocycles. The van der Waals surface area contributed by atoms with Gasteiger partial charge in [-0.05, 0) is 363 Å². The number of nitrogens with zero attached hydrogens (tertiary/aromatic N) is 4. The molecule has 5 unspecified atom stereocenters. The Labute approximate surface area is 918 Å². The van der Waals surface area contributed by atoms with Crippen LogP contribution in [0.1, 0.15) is 439 Å². The molecule has 7 atom stereocenters. The molecule has 2 saturated heterocycles. The molecule has 23 nitrogen and oxygen atoms in total. The number of aryl methyl sites for hydroxylation is 7. The van der Waals surface area contributed by atoms with E-state index >= 15 is 0 Å². The molecule has 3 aliphatic heterocycles. The summed E-state index contributed by atoms with van der Waals surface area (Å²) in [6.45, 7) is 55.8. The number of hydrogen-bond donors (Lipinski definition) is 3. The van der Waals surface area contributed by atoms with Crippen LogP contribution in [0, 0.1) is 11.3 Å². The lowest BCUT2D eigenvalue weighted by atomic mass is 10.0. The van der Waals surface area contributed by atoms with E-state index in [1.807, 2.05) is 30.3 Å². The summed E-state index contributed by atoms with van der Waals surface area (Å²) in [6, 6.07) is 48.9. The number of primary amides is 1. The number of benzene rings is 6. The van der Waals surface area contributed by atoms with Gasteiger partial charge in [0.25, 0.3) is 0 Å². The fourth-order valence-corrected chi connectivity index (χ4v) is 14.2. The first-order chi connectivity index (χ1) is 68.6. The summed E-state index contributed by atoms with van der Waals surface area (Å²) in [5.74, 6) is 1.47. The SMILES string of the molecule is CC(C)(C)S.CC(C)(C)S(=O)[O-].CC(C)(C)S(=O)[O-].CC(C)(C)S(=O)[O-].CC(C)(C)S(=O)[O-].CC(C)(C)S(=O)[O-].CCCCCCCc1ccc(C#N)cc1.CCCCCCCc1ccc(N2C[C@@H](C)O[C@@H](C)C2)cc1.CCCCCCCc1ccc2c(c1)CC/C2=N\O.CCCCCCCc1ccc2c(c1)OCCO2.CCCCCCCc1cccc(C(N)=O)c1.CCCCCCCc1cccc(N2CCOCC2)c1.O.O. The fourth-order valence-electron chi connectivity index (χ4n) is 14.2. The van der Waals surface area contributed by atoms with Crippen molar-refractivity contribution >= 4 is 91.0 Å². The molecule has 0 bridgehead atoms. The highest BCUT2D eigenvalue weighted by molar-refractivity contribution is 7.82. The first-order valence-corrected chi connectivity index (χ1v) is 60.2. The molecule has 852 valence electrons. The first-order valence-electron chi connectivity index (χ1n) is 54.4. The number of nitriles is 1. The van der Waals surface area contributed by atoms with Gasteiger partial charge >= 0.3 is 0 Å². The van der Waals surface area contributed by atoms with Crippen molar-refractivity contribution in [3.05, 3.63) is 189 Å². The van der Waals surface area contributed by atoms with Crippen molar-refractivity contribution in [2.75, 3.05) is 62.4 Å². The number of anilines is 2. The van der Waals surface area contributed by atoms with Gasteiger partial charge < -0.3 is 73.4 Å². The van der Waals surface area contributed by atoms with E-state index in [9.17, 15) is 48.6 Å². The summed E-state index contributed by atoms with van der Waals surface area (Å²) in [6.07, 6.45) is 49.4. The number of morpholine rings is 2. The number of carbonyl (C=O) groups is 1. The van der Waals surface area contributed by atoms with Crippen LogP contribution in [0.3, 0.4) is 0 Å². The molecule has 2 fully saturated rings. The molecule has 4 aliphatic rings. The van der Waals surface area contributed by atoms with Crippen LogP contribution >= 0.6 is 12.6 Å². The topological polar surface area (TPSA) is 407 Å². The molecule has 1 amide bonds. The molecule has 6 aromatic rings. The van der Waals surface area contributed by atoms with Crippen molar-refractivity contribution in [1.29, 1.82) is 5.26 Å². The zero-order valence-corrected chi connectivity index (χ0v) is 101. The van der Waals surface area contributed by atoms with Crippen LogP contribution in [0.15, 0.2) is 139 Å². The minimum absolute atomic E-state index is 0. The van der Waals surface area contributed by atoms with E-state index in [4.69, 9.17) is 35.2 Å². The summed E-state index contributed by atoms with van der Waals surface area (Å²) in [5.41, 5.74) is 21.0. The van der Waals surface area contributed by atoms with Gasteiger partial charge in [0.2, 0.25) is 5.91 Å². The average Bonchev–Trinajstić information content (AvgIpc) is 1.66. The zero-order valence-electron chi connectivity index (χ0n) is 96.3. The van der Waals surface area contributed by atoms with E-state index in [1.165, 1.54) is 262 Å². The number of fused-ring (bicyclic) bond motifs is 2. The second-order valence-electron chi connectivity index (χ2n) is 43.9. The summed E-state index contributed by atoms with van der Waals surface area (Å²) >= 11 is -5.54. The predicted octanol–water partition coefficient (Wildman–Crippen LogP) is 27.9. The Morgan fingerprint density at radius 3 is 1.04 bits per heavy atom. The van der Waals surface area contributed by atoms with Crippen LogP contribution in [-0.2, 0) is 110 Å². The molecule has 10 rings (SSSR count). The lowest BCUT2D eigenvalue weighted by Gasteiger charge is -2.36. The van der Waals surface area contributed by atoms with Crippen LogP contribution < -0.4 is 25.0 Å². The predicted molar refractivity (Wildman–Crippen MR) is 629 cm³/mol. The number of unbranched alkanes of at least 4 members (excludes halogenated alkanes) is 24. The number of thiol groups is 1. The van der Waals surface area contributed by atoms with Gasteiger partial charge in [-0.1, -0.05) is 294 Å². The van der Waals surface area contributed by atoms with Gasteiger partial charge in [-0.15, -0.1) is 0 Å². The average molecular weight is 2180 g/mol. The Hall–Kier alpha value is -6.31. The molecule has 29 heteroatoms. The van der Waals surface area contributed by atoms with Gasteiger partial charge in [0.15, 0.2) is 11.5 Å². The maximum atomic E-state index is 11.0. The summed E-state index contributed by atoms with van der Waals surface area (Å²) in [7, 11) is 0. The number of amides is 1. The van der Waals surface area contributed by atoms with E-state index in [2.05, 4.69) is 207 Å². The van der Waals surface area contributed by atoms with Gasteiger partial charge in [-0.3, -0.25) is 25.8 Å². The highest BCUT2D eigenvalue weighted by Gasteiger charge is 2.24. The Kier molecular flexibility index (Phi) is 85.9. The van der Waals surface area contributed by atoms with Gasteiger partial charge in [0, 0.05) is 77.2 Å². The minimum Gasteiger partial charge on any atom is -0.772 e. The van der Waals surface area contributed by atoms with Crippen molar-refractivity contribution in [1.82, 2.24) is 0 Å². The van der Waals surface area contributed by atoms with Gasteiger partial charge in [0.1, 0.15) is 13.2 Å². The third-order valence-electron chi connectivity index (χ3n) is 23.1. The molecular formula is C119H202N5O18S6-5. The lowest BCUT2D eigenvalue weighted by molar-refractivity contribution is -0.00523. The highest BCUT2D eigenvalue weighted by Crippen LogP contribution is 2.33. The van der Waals surface area contributed by atoms with Crippen LogP contribution in [0.5, 0.6) is 11.5 Å². The van der Waals surface area contributed by atoms with Gasteiger partial charge in [0.05, 0.1) is 42.8 Å². The Morgan fingerprint density at radius 1 is 0.399 bits per heavy atom. The highest BCUT2D eigenvalue weighted by atomic mass is 32.2. The smallest absolute Gasteiger partial charge is 0.248 e. The molecule has 0 radical (unpaired) electrons. The number of nitrogens with two attached hydrogens (primary N) is 1. The third kappa shape index (κ3) is 79.6.